The fraction of sp³-hybridized carbons (Fsp3) is 0.583. The first kappa shape index (κ1) is 27.7. The molecule has 3 unspecified atom stereocenters. The summed E-state index contributed by atoms with van der Waals surface area (Å²) in [5.74, 6) is 4.16. The average Bonchev–Trinajstić information content (AvgIpc) is 2.83. The van der Waals surface area contributed by atoms with Crippen LogP contribution in [0.2, 0.25) is 0 Å². The molecule has 0 bridgehead atoms. The number of nitrogens with two attached hydrogens (primary N) is 1. The highest BCUT2D eigenvalue weighted by molar-refractivity contribution is 7.66. The number of aromatic nitrogens is 3. The van der Waals surface area contributed by atoms with Crippen molar-refractivity contribution in [1.82, 2.24) is 14.5 Å². The molecule has 1 aromatic rings. The zero-order chi connectivity index (χ0) is 25.4. The fourth-order valence-corrected chi connectivity index (χ4v) is 5.99. The largest absolute Gasteiger partial charge is 0.490 e. The highest BCUT2D eigenvalue weighted by atomic mass is 31.3. The Morgan fingerprint density at radius 1 is 1.24 bits per heavy atom. The van der Waals surface area contributed by atoms with Gasteiger partial charge in [-0.15, -0.1) is 5.92 Å². The van der Waals surface area contributed by atoms with Crippen LogP contribution in [0.25, 0.3) is 0 Å². The third-order valence-corrected chi connectivity index (χ3v) is 7.85. The molecule has 7 atom stereocenters. The van der Waals surface area contributed by atoms with Crippen LogP contribution in [0.3, 0.4) is 0 Å². The molecule has 33 heavy (non-hydrogen) atoms. The number of phosphoric acid groups is 3. The second-order valence-corrected chi connectivity index (χ2v) is 10.8. The number of hydrogen-bond donors (Lipinski definition) is 7. The van der Waals surface area contributed by atoms with E-state index in [0.29, 0.717) is 4.57 Å². The summed E-state index contributed by atoms with van der Waals surface area (Å²) in [6.45, 7) is 2.28. The molecule has 1 aliphatic heterocycles. The minimum Gasteiger partial charge on any atom is -0.386 e. The van der Waals surface area contributed by atoms with E-state index in [-0.39, 0.29) is 0 Å². The van der Waals surface area contributed by atoms with Gasteiger partial charge in [0.2, 0.25) is 5.95 Å². The molecule has 0 saturated carbocycles. The van der Waals surface area contributed by atoms with Gasteiger partial charge in [-0.1, -0.05) is 5.92 Å². The van der Waals surface area contributed by atoms with Crippen molar-refractivity contribution in [2.45, 2.75) is 44.0 Å². The Morgan fingerprint density at radius 2 is 1.85 bits per heavy atom. The third kappa shape index (κ3) is 6.75. The minimum absolute atomic E-state index is 0.405. The summed E-state index contributed by atoms with van der Waals surface area (Å²) in [5.41, 5.74) is 1.74. The monoisotopic (exact) mass is 536 g/mol. The van der Waals surface area contributed by atoms with Gasteiger partial charge in [0.05, 0.1) is 6.10 Å². The van der Waals surface area contributed by atoms with Crippen LogP contribution >= 0.6 is 23.5 Å². The van der Waals surface area contributed by atoms with Crippen molar-refractivity contribution in [1.29, 1.82) is 0 Å². The molecule has 0 spiro atoms. The van der Waals surface area contributed by atoms with Gasteiger partial charge in [-0.2, -0.15) is 13.6 Å². The Morgan fingerprint density at radius 3 is 2.36 bits per heavy atom. The topological polar surface area (TPSA) is 283 Å². The Labute approximate surface area is 184 Å². The summed E-state index contributed by atoms with van der Waals surface area (Å²) in [7, 11) is -17.0. The van der Waals surface area contributed by atoms with Crippen molar-refractivity contribution < 1.29 is 61.4 Å². The molecule has 18 nitrogen and oxygen atoms in total. The lowest BCUT2D eigenvalue weighted by Crippen LogP contribution is -2.49. The number of ether oxygens (including phenoxy) is 1. The van der Waals surface area contributed by atoms with E-state index in [9.17, 15) is 38.5 Å². The van der Waals surface area contributed by atoms with E-state index in [1.165, 1.54) is 6.92 Å². The predicted molar refractivity (Wildman–Crippen MR) is 103 cm³/mol. The van der Waals surface area contributed by atoms with Crippen molar-refractivity contribution in [2.75, 3.05) is 5.73 Å². The van der Waals surface area contributed by atoms with E-state index < -0.39 is 65.2 Å². The molecule has 1 saturated heterocycles. The van der Waals surface area contributed by atoms with Gasteiger partial charge in [0.25, 0.3) is 0 Å². The third-order valence-electron chi connectivity index (χ3n) is 3.93. The molecule has 0 aliphatic carbocycles. The van der Waals surface area contributed by atoms with E-state index in [2.05, 4.69) is 35.0 Å². The molecular weight excluding hydrogens is 517 g/mol. The molecule has 21 heteroatoms. The number of rotatable bonds is 8. The van der Waals surface area contributed by atoms with Gasteiger partial charge in [-0.3, -0.25) is 9.09 Å². The van der Waals surface area contributed by atoms with Crippen LogP contribution in [-0.2, 0) is 31.6 Å². The van der Waals surface area contributed by atoms with Crippen LogP contribution in [-0.4, -0.2) is 68.2 Å². The number of nitrogen functional groups attached to an aromatic ring is 1. The van der Waals surface area contributed by atoms with E-state index in [1.807, 2.05) is 0 Å². The van der Waals surface area contributed by atoms with E-state index in [1.54, 1.807) is 0 Å². The highest BCUT2D eigenvalue weighted by Crippen LogP contribution is 2.66. The minimum atomic E-state index is -5.80. The zero-order valence-electron chi connectivity index (χ0n) is 16.6. The van der Waals surface area contributed by atoms with Crippen LogP contribution in [0, 0.1) is 11.8 Å². The normalized spacial score (nSPS) is 30.0. The van der Waals surface area contributed by atoms with Crippen molar-refractivity contribution in [3.05, 3.63) is 16.8 Å². The summed E-state index contributed by atoms with van der Waals surface area (Å²) in [6, 6.07) is 0. The van der Waals surface area contributed by atoms with Gasteiger partial charge in [-0.05, 0) is 13.8 Å². The predicted octanol–water partition coefficient (Wildman–Crippen LogP) is -2.04. The quantitative estimate of drug-likeness (QED) is 0.139. The number of aliphatic hydroxyl groups excluding tert-OH is 1. The van der Waals surface area contributed by atoms with Crippen LogP contribution in [0.5, 0.6) is 0 Å². The van der Waals surface area contributed by atoms with Crippen LogP contribution in [0.4, 0.5) is 5.95 Å². The lowest BCUT2D eigenvalue weighted by atomic mass is 9.93. The first-order valence-electron chi connectivity index (χ1n) is 8.43. The van der Waals surface area contributed by atoms with E-state index in [4.69, 9.17) is 20.3 Å². The van der Waals surface area contributed by atoms with Crippen LogP contribution < -0.4 is 11.4 Å². The summed E-state index contributed by atoms with van der Waals surface area (Å²) >= 11 is 0. The Kier molecular flexibility index (Phi) is 8.06. The van der Waals surface area contributed by atoms with Gasteiger partial charge in [-0.25, -0.2) is 23.5 Å². The molecule has 2 rings (SSSR count). The maximum Gasteiger partial charge on any atom is 0.490 e. The fourth-order valence-electron chi connectivity index (χ4n) is 2.79. The molecule has 8 N–H and O–H groups in total. The molecular formula is C12H19N4O14P3. The number of aliphatic hydroxyl groups is 2. The molecule has 1 aliphatic rings. The van der Waals surface area contributed by atoms with Crippen LogP contribution in [0.1, 0.15) is 20.1 Å². The Bertz CT molecular complexity index is 1160. The average molecular weight is 536 g/mol. The Hall–Kier alpha value is -1.54. The highest BCUT2D eigenvalue weighted by Gasteiger charge is 2.58. The number of phosphoric ester groups is 1. The second kappa shape index (κ2) is 9.61. The van der Waals surface area contributed by atoms with Crippen molar-refractivity contribution in [3.8, 4) is 11.8 Å². The smallest absolute Gasteiger partial charge is 0.386 e. The van der Waals surface area contributed by atoms with Gasteiger partial charge >= 0.3 is 29.2 Å². The maximum absolute atomic E-state index is 12.1. The lowest BCUT2D eigenvalue weighted by molar-refractivity contribution is -0.0873. The lowest BCUT2D eigenvalue weighted by Gasteiger charge is -2.27. The molecule has 0 aromatic carbocycles. The molecule has 1 fully saturated rings. The van der Waals surface area contributed by atoms with Crippen LogP contribution in [0.15, 0.2) is 11.1 Å². The van der Waals surface area contributed by atoms with Gasteiger partial charge in [0.15, 0.2) is 11.8 Å². The maximum atomic E-state index is 12.1. The standard InChI is InChI=1S/C12H19N4O14P3/c1-3-4-12(19)8(17)7(27-9(12)16-5-14-10(13)15-11(16)18)6(2)28-32(23,24)30-33(25,26)29-31(20,21)22/h5-9,17,19H,1-2H3,(H,23,24)(H,25,26)(H2,13,15,18)(H2,20,21,22)/t6-,7?,8-,9+,12+/m0/s1. The van der Waals surface area contributed by atoms with Gasteiger partial charge in [0.1, 0.15) is 18.5 Å². The molecule has 1 aromatic heterocycles. The molecule has 186 valence electrons. The summed E-state index contributed by atoms with van der Waals surface area (Å²) in [5, 5.41) is 21.5. The number of hydrogen-bond acceptors (Lipinski definition) is 13. The first-order valence-corrected chi connectivity index (χ1v) is 13.0. The van der Waals surface area contributed by atoms with Crippen molar-refractivity contribution in [3.63, 3.8) is 0 Å². The van der Waals surface area contributed by atoms with Crippen molar-refractivity contribution >= 4 is 29.4 Å². The van der Waals surface area contributed by atoms with Gasteiger partial charge in [0, 0.05) is 0 Å². The summed E-state index contributed by atoms with van der Waals surface area (Å²) in [6.07, 6.45) is -6.41. The summed E-state index contributed by atoms with van der Waals surface area (Å²) in [4.78, 5) is 55.1. The number of anilines is 1. The molecule has 2 heterocycles. The SMILES string of the molecule is CC#C[C@@]1(O)[C@@H](O)C([C@H](C)OP(=O)(O)OP(=O)(O)OP(=O)(O)O)O[C@H]1n1cnc(N)nc1=O. The first-order chi connectivity index (χ1) is 14.9. The zero-order valence-corrected chi connectivity index (χ0v) is 19.3. The van der Waals surface area contributed by atoms with Gasteiger partial charge < -0.3 is 40.3 Å². The second-order valence-electron chi connectivity index (χ2n) is 6.40. The Balaban J connectivity index is 2.31. The van der Waals surface area contributed by atoms with Crippen molar-refractivity contribution in [2.24, 2.45) is 0 Å². The summed E-state index contributed by atoms with van der Waals surface area (Å²) < 4.78 is 52.0. The van der Waals surface area contributed by atoms with E-state index in [0.717, 1.165) is 13.3 Å². The number of nitrogens with zero attached hydrogens (tertiary/aromatic N) is 3. The molecule has 0 radical (unpaired) electrons. The molecule has 0 amide bonds. The van der Waals surface area contributed by atoms with E-state index >= 15 is 0 Å².